The third-order valence-electron chi connectivity index (χ3n) is 3.26. The number of benzene rings is 2. The van der Waals surface area contributed by atoms with Crippen LogP contribution >= 0.6 is 67.8 Å². The molecule has 0 aliphatic carbocycles. The number of carbonyl (C=O) groups is 1. The van der Waals surface area contributed by atoms with Crippen molar-refractivity contribution in [1.82, 2.24) is 0 Å². The number of aliphatic carboxylic acids is 1. The summed E-state index contributed by atoms with van der Waals surface area (Å²) in [6.45, 7) is 1.81. The first-order chi connectivity index (χ1) is 11.2. The summed E-state index contributed by atoms with van der Waals surface area (Å²) in [5.41, 5.74) is 7.08. The molecule has 0 fully saturated rings. The molecule has 5 nitrogen and oxygen atoms in total. The van der Waals surface area contributed by atoms with Crippen LogP contribution in [0.4, 0.5) is 0 Å². The van der Waals surface area contributed by atoms with E-state index in [1.54, 1.807) is 12.1 Å². The molecule has 0 amide bonds. The Labute approximate surface area is 208 Å². The largest absolute Gasteiger partial charge is 1.00 e. The van der Waals surface area contributed by atoms with Gasteiger partial charge in [-0.1, -0.05) is 0 Å². The van der Waals surface area contributed by atoms with E-state index >= 15 is 0 Å². The minimum absolute atomic E-state index is 0. The number of phenolic OH excluding ortho intramolecular Hbond substituents is 1. The Morgan fingerprint density at radius 1 is 1.20 bits per heavy atom. The van der Waals surface area contributed by atoms with E-state index in [1.165, 1.54) is 0 Å². The molecule has 0 aliphatic heterocycles. The van der Waals surface area contributed by atoms with Crippen molar-refractivity contribution in [2.45, 2.75) is 19.4 Å². The molecule has 2 aromatic carbocycles. The van der Waals surface area contributed by atoms with Gasteiger partial charge in [0.25, 0.3) is 0 Å². The summed E-state index contributed by atoms with van der Waals surface area (Å²) >= 11 is 6.33. The standard InChI is InChI=1S/C16H14I3NO4.Na/c1-7-2-9(6-10(17)14(7)21)24-15-11(18)3-8(4-12(15)19)5-13(20)16(22)23;/h2-4,6,13,21H,5,20H2,1H3,(H,22,23);/q;+1/p-1/t13-;/m0./s1. The van der Waals surface area contributed by atoms with Gasteiger partial charge in [-0.25, -0.2) is 0 Å². The van der Waals surface area contributed by atoms with Crippen molar-refractivity contribution in [3.05, 3.63) is 46.1 Å². The molecule has 0 saturated heterocycles. The van der Waals surface area contributed by atoms with E-state index in [-0.39, 0.29) is 41.7 Å². The fourth-order valence-electron chi connectivity index (χ4n) is 2.05. The van der Waals surface area contributed by atoms with Crippen LogP contribution in [0.2, 0.25) is 0 Å². The second-order valence-electron chi connectivity index (χ2n) is 5.19. The fraction of sp³-hybridized carbons (Fsp3) is 0.188. The topological polar surface area (TPSA) is 95.6 Å². The molecule has 0 heterocycles. The summed E-state index contributed by atoms with van der Waals surface area (Å²) in [7, 11) is 0. The number of hydrogen-bond acceptors (Lipinski definition) is 5. The molecular weight excluding hydrogens is 674 g/mol. The van der Waals surface area contributed by atoms with E-state index in [4.69, 9.17) is 10.5 Å². The average Bonchev–Trinajstić information content (AvgIpc) is 2.48. The number of aryl methyl sites for hydroxylation is 1. The average molecular weight is 687 g/mol. The summed E-state index contributed by atoms with van der Waals surface area (Å²) in [6.07, 6.45) is 0.199. The van der Waals surface area contributed by atoms with Gasteiger partial charge in [-0.15, -0.1) is 0 Å². The number of hydrogen-bond donors (Lipinski definition) is 2. The van der Waals surface area contributed by atoms with Crippen LogP contribution in [0.3, 0.4) is 0 Å². The molecule has 1 atom stereocenters. The van der Waals surface area contributed by atoms with Gasteiger partial charge in [-0.3, -0.25) is 0 Å². The molecule has 0 unspecified atom stereocenters. The van der Waals surface area contributed by atoms with Crippen molar-refractivity contribution in [2.24, 2.45) is 5.73 Å². The number of ether oxygens (including phenoxy) is 1. The van der Waals surface area contributed by atoms with Gasteiger partial charge in [0.1, 0.15) is 11.5 Å². The Hall–Kier alpha value is 0.660. The minimum Gasteiger partial charge on any atom is -0.548 e. The molecule has 25 heavy (non-hydrogen) atoms. The second-order valence-corrected chi connectivity index (χ2v) is 8.68. The molecule has 2 rings (SSSR count). The van der Waals surface area contributed by atoms with Gasteiger partial charge < -0.3 is 25.5 Å². The second kappa shape index (κ2) is 10.3. The molecule has 0 bridgehead atoms. The zero-order valence-corrected chi connectivity index (χ0v) is 21.9. The van der Waals surface area contributed by atoms with Crippen LogP contribution in [0.15, 0.2) is 24.3 Å². The molecule has 9 heteroatoms. The number of carbonyl (C=O) groups excluding carboxylic acids is 1. The molecule has 0 aliphatic rings. The fourth-order valence-corrected chi connectivity index (χ4v) is 4.90. The van der Waals surface area contributed by atoms with Crippen LogP contribution < -0.4 is 45.1 Å². The van der Waals surface area contributed by atoms with Crippen molar-refractivity contribution in [3.8, 4) is 17.2 Å². The Balaban J connectivity index is 0.00000312. The van der Waals surface area contributed by atoms with E-state index in [0.717, 1.165) is 18.3 Å². The normalized spacial score (nSPS) is 11.6. The van der Waals surface area contributed by atoms with Crippen LogP contribution in [-0.2, 0) is 11.2 Å². The molecular formula is C16H13I3NNaO4. The maximum Gasteiger partial charge on any atom is 1.00 e. The van der Waals surface area contributed by atoms with Gasteiger partial charge in [0.15, 0.2) is 5.75 Å². The zero-order valence-electron chi connectivity index (χ0n) is 13.5. The third-order valence-corrected chi connectivity index (χ3v) is 5.69. The molecule has 0 aromatic heterocycles. The molecule has 3 N–H and O–H groups in total. The number of halogens is 3. The summed E-state index contributed by atoms with van der Waals surface area (Å²) in [6, 6.07) is 6.18. The first-order valence-corrected chi connectivity index (χ1v) is 10.0. The number of aromatic hydroxyl groups is 1. The summed E-state index contributed by atoms with van der Waals surface area (Å²) in [5.74, 6) is 0.293. The quantitative estimate of drug-likeness (QED) is 0.340. The Morgan fingerprint density at radius 2 is 1.76 bits per heavy atom. The van der Waals surface area contributed by atoms with Gasteiger partial charge >= 0.3 is 29.6 Å². The Bertz CT molecular complexity index is 755. The zero-order chi connectivity index (χ0) is 18.0. The monoisotopic (exact) mass is 687 g/mol. The Morgan fingerprint density at radius 3 is 2.24 bits per heavy atom. The smallest absolute Gasteiger partial charge is 0.548 e. The molecule has 2 aromatic rings. The maximum atomic E-state index is 10.8. The summed E-state index contributed by atoms with van der Waals surface area (Å²) in [4.78, 5) is 10.8. The van der Waals surface area contributed by atoms with E-state index in [1.807, 2.05) is 19.1 Å². The van der Waals surface area contributed by atoms with E-state index in [2.05, 4.69) is 67.8 Å². The van der Waals surface area contributed by atoms with Crippen LogP contribution in [-0.4, -0.2) is 17.1 Å². The van der Waals surface area contributed by atoms with E-state index < -0.39 is 12.0 Å². The van der Waals surface area contributed by atoms with Crippen molar-refractivity contribution in [2.75, 3.05) is 0 Å². The molecule has 0 radical (unpaired) electrons. The van der Waals surface area contributed by atoms with Crippen molar-refractivity contribution in [1.29, 1.82) is 0 Å². The summed E-state index contributed by atoms with van der Waals surface area (Å²) < 4.78 is 8.38. The van der Waals surface area contributed by atoms with Gasteiger partial charge in [-0.05, 0) is 117 Å². The predicted octanol–water partition coefficient (Wildman–Crippen LogP) is -0.0696. The van der Waals surface area contributed by atoms with Crippen molar-refractivity contribution >= 4 is 73.7 Å². The van der Waals surface area contributed by atoms with Gasteiger partial charge in [0.05, 0.1) is 16.7 Å². The number of carboxylic acids is 1. The molecule has 128 valence electrons. The first-order valence-electron chi connectivity index (χ1n) is 6.80. The number of carboxylic acid groups (broad SMARTS) is 1. The summed E-state index contributed by atoms with van der Waals surface area (Å²) in [5, 5.41) is 20.6. The third kappa shape index (κ3) is 6.35. The van der Waals surface area contributed by atoms with Crippen LogP contribution in [0.5, 0.6) is 17.2 Å². The van der Waals surface area contributed by atoms with Gasteiger partial charge in [-0.2, -0.15) is 0 Å². The first kappa shape index (κ1) is 23.7. The maximum absolute atomic E-state index is 10.8. The molecule has 0 saturated carbocycles. The van der Waals surface area contributed by atoms with E-state index in [9.17, 15) is 15.0 Å². The van der Waals surface area contributed by atoms with E-state index in [0.29, 0.717) is 15.1 Å². The number of rotatable bonds is 5. The van der Waals surface area contributed by atoms with Crippen molar-refractivity contribution in [3.63, 3.8) is 0 Å². The predicted molar refractivity (Wildman–Crippen MR) is 114 cm³/mol. The van der Waals surface area contributed by atoms with Crippen LogP contribution in [0, 0.1) is 17.6 Å². The van der Waals surface area contributed by atoms with Gasteiger partial charge in [0.2, 0.25) is 0 Å². The number of nitrogens with two attached hydrogens (primary N) is 1. The Kier molecular flexibility index (Phi) is 9.74. The molecule has 0 spiro atoms. The number of phenols is 1. The SMILES string of the molecule is Cc1cc(Oc2c(I)cc(C[C@H](N)C(=O)[O-])cc2I)cc(I)c1O.[Na+]. The van der Waals surface area contributed by atoms with Crippen LogP contribution in [0.1, 0.15) is 11.1 Å². The minimum atomic E-state index is -1.27. The van der Waals surface area contributed by atoms with Gasteiger partial charge in [0, 0.05) is 6.04 Å². The van der Waals surface area contributed by atoms with Crippen LogP contribution in [0.25, 0.3) is 0 Å². The van der Waals surface area contributed by atoms with Crippen molar-refractivity contribution < 1.29 is 49.3 Å².